The van der Waals surface area contributed by atoms with Gasteiger partial charge in [0.15, 0.2) is 5.76 Å². The van der Waals surface area contributed by atoms with E-state index < -0.39 is 23.4 Å². The van der Waals surface area contributed by atoms with Gasteiger partial charge in [-0.2, -0.15) is 0 Å². The standard InChI is InChI=1S/C13H11FN2O4/c14-9-3-1-2-8(13(18)19)11(9)16-12(17)10-5-4-7(6-15)20-10/h1-5H,6,15H2,(H,16,17)(H,18,19). The van der Waals surface area contributed by atoms with Gasteiger partial charge >= 0.3 is 5.97 Å². The lowest BCUT2D eigenvalue weighted by Crippen LogP contribution is -2.15. The van der Waals surface area contributed by atoms with Crippen molar-refractivity contribution < 1.29 is 23.5 Å². The lowest BCUT2D eigenvalue weighted by Gasteiger charge is -2.08. The third-order valence-corrected chi connectivity index (χ3v) is 2.57. The van der Waals surface area contributed by atoms with E-state index in [0.717, 1.165) is 6.07 Å². The van der Waals surface area contributed by atoms with Gasteiger partial charge in [-0.1, -0.05) is 6.07 Å². The Morgan fingerprint density at radius 3 is 2.65 bits per heavy atom. The molecule has 20 heavy (non-hydrogen) atoms. The lowest BCUT2D eigenvalue weighted by atomic mass is 10.1. The number of hydrogen-bond donors (Lipinski definition) is 3. The second-order valence-corrected chi connectivity index (χ2v) is 3.89. The van der Waals surface area contributed by atoms with Gasteiger partial charge in [-0.05, 0) is 24.3 Å². The summed E-state index contributed by atoms with van der Waals surface area (Å²) in [6, 6.07) is 6.37. The fraction of sp³-hybridized carbons (Fsp3) is 0.0769. The Labute approximate surface area is 113 Å². The molecule has 104 valence electrons. The molecule has 0 aliphatic carbocycles. The normalized spacial score (nSPS) is 10.3. The molecule has 0 aliphatic heterocycles. The van der Waals surface area contributed by atoms with Gasteiger partial charge in [0.25, 0.3) is 5.91 Å². The van der Waals surface area contributed by atoms with E-state index in [4.69, 9.17) is 15.3 Å². The molecule has 0 saturated carbocycles. The highest BCUT2D eigenvalue weighted by molar-refractivity contribution is 6.06. The molecule has 0 spiro atoms. The second kappa shape index (κ2) is 5.54. The molecule has 0 radical (unpaired) electrons. The van der Waals surface area contributed by atoms with E-state index in [-0.39, 0.29) is 17.9 Å². The van der Waals surface area contributed by atoms with Crippen LogP contribution in [0.1, 0.15) is 26.7 Å². The molecule has 2 rings (SSSR count). The Hall–Kier alpha value is -2.67. The molecular formula is C13H11FN2O4. The van der Waals surface area contributed by atoms with Crippen molar-refractivity contribution in [1.82, 2.24) is 0 Å². The quantitative estimate of drug-likeness (QED) is 0.791. The number of carboxylic acid groups (broad SMARTS) is 1. The van der Waals surface area contributed by atoms with Crippen LogP contribution in [0.5, 0.6) is 0 Å². The van der Waals surface area contributed by atoms with E-state index in [1.54, 1.807) is 0 Å². The summed E-state index contributed by atoms with van der Waals surface area (Å²) < 4.78 is 18.7. The predicted molar refractivity (Wildman–Crippen MR) is 67.9 cm³/mol. The van der Waals surface area contributed by atoms with Crippen LogP contribution in [-0.4, -0.2) is 17.0 Å². The molecule has 2 aromatic rings. The summed E-state index contributed by atoms with van der Waals surface area (Å²) >= 11 is 0. The average molecular weight is 278 g/mol. The molecule has 1 heterocycles. The topological polar surface area (TPSA) is 106 Å². The Morgan fingerprint density at radius 2 is 2.05 bits per heavy atom. The van der Waals surface area contributed by atoms with Crippen molar-refractivity contribution in [3.05, 3.63) is 53.2 Å². The molecule has 0 bridgehead atoms. The van der Waals surface area contributed by atoms with E-state index in [1.165, 1.54) is 24.3 Å². The predicted octanol–water partition coefficient (Wildman–Crippen LogP) is 1.83. The Morgan fingerprint density at radius 1 is 1.30 bits per heavy atom. The summed E-state index contributed by atoms with van der Waals surface area (Å²) in [5.41, 5.74) is 4.59. The number of para-hydroxylation sites is 1. The second-order valence-electron chi connectivity index (χ2n) is 3.89. The Kier molecular flexibility index (Phi) is 3.81. The number of carbonyl (C=O) groups is 2. The van der Waals surface area contributed by atoms with Gasteiger partial charge in [0.1, 0.15) is 11.6 Å². The minimum atomic E-state index is -1.35. The minimum absolute atomic E-state index is 0.0787. The number of amides is 1. The summed E-state index contributed by atoms with van der Waals surface area (Å²) in [5, 5.41) is 11.1. The first-order valence-electron chi connectivity index (χ1n) is 5.65. The summed E-state index contributed by atoms with van der Waals surface area (Å²) in [7, 11) is 0. The van der Waals surface area contributed by atoms with E-state index in [0.29, 0.717) is 5.76 Å². The van der Waals surface area contributed by atoms with Crippen LogP contribution in [0.25, 0.3) is 0 Å². The van der Waals surface area contributed by atoms with E-state index in [1.807, 2.05) is 0 Å². The number of nitrogens with two attached hydrogens (primary N) is 1. The highest BCUT2D eigenvalue weighted by Gasteiger charge is 2.19. The first kappa shape index (κ1) is 13.8. The van der Waals surface area contributed by atoms with Crippen molar-refractivity contribution in [3.8, 4) is 0 Å². The van der Waals surface area contributed by atoms with Crippen molar-refractivity contribution in [2.24, 2.45) is 5.73 Å². The number of carbonyl (C=O) groups excluding carboxylic acids is 1. The molecule has 0 atom stereocenters. The van der Waals surface area contributed by atoms with Crippen LogP contribution in [0, 0.1) is 5.82 Å². The van der Waals surface area contributed by atoms with E-state index in [9.17, 15) is 14.0 Å². The third kappa shape index (κ3) is 2.67. The van der Waals surface area contributed by atoms with Crippen molar-refractivity contribution in [2.75, 3.05) is 5.32 Å². The third-order valence-electron chi connectivity index (χ3n) is 2.57. The molecular weight excluding hydrogens is 267 g/mol. The van der Waals surface area contributed by atoms with E-state index >= 15 is 0 Å². The van der Waals surface area contributed by atoms with Gasteiger partial charge in [-0.25, -0.2) is 9.18 Å². The number of rotatable bonds is 4. The molecule has 1 amide bonds. The maximum atomic E-state index is 13.6. The van der Waals surface area contributed by atoms with Gasteiger partial charge in [0.2, 0.25) is 0 Å². The molecule has 1 aromatic heterocycles. The summed E-state index contributed by atoms with van der Waals surface area (Å²) in [4.78, 5) is 22.8. The first-order chi connectivity index (χ1) is 9.52. The van der Waals surface area contributed by atoms with Gasteiger partial charge in [0.05, 0.1) is 17.8 Å². The zero-order valence-corrected chi connectivity index (χ0v) is 10.2. The molecule has 4 N–H and O–H groups in total. The van der Waals surface area contributed by atoms with Crippen LogP contribution < -0.4 is 11.1 Å². The summed E-state index contributed by atoms with van der Waals surface area (Å²) in [6.07, 6.45) is 0. The number of halogens is 1. The fourth-order valence-corrected chi connectivity index (χ4v) is 1.61. The van der Waals surface area contributed by atoms with Gasteiger partial charge in [-0.3, -0.25) is 4.79 Å². The number of furan rings is 1. The maximum Gasteiger partial charge on any atom is 0.337 e. The number of aromatic carboxylic acids is 1. The number of hydrogen-bond acceptors (Lipinski definition) is 4. The highest BCUT2D eigenvalue weighted by atomic mass is 19.1. The van der Waals surface area contributed by atoms with Crippen molar-refractivity contribution in [2.45, 2.75) is 6.54 Å². The van der Waals surface area contributed by atoms with Gasteiger partial charge < -0.3 is 20.6 Å². The largest absolute Gasteiger partial charge is 0.478 e. The Bertz CT molecular complexity index is 666. The lowest BCUT2D eigenvalue weighted by molar-refractivity contribution is 0.0697. The SMILES string of the molecule is NCc1ccc(C(=O)Nc2c(F)cccc2C(=O)O)o1. The molecule has 1 aromatic carbocycles. The molecule has 0 unspecified atom stereocenters. The van der Waals surface area contributed by atoms with Crippen LogP contribution in [0.4, 0.5) is 10.1 Å². The van der Waals surface area contributed by atoms with Crippen LogP contribution in [0.3, 0.4) is 0 Å². The highest BCUT2D eigenvalue weighted by Crippen LogP contribution is 2.21. The zero-order chi connectivity index (χ0) is 14.7. The minimum Gasteiger partial charge on any atom is -0.478 e. The monoisotopic (exact) mass is 278 g/mol. The van der Waals surface area contributed by atoms with Crippen LogP contribution in [-0.2, 0) is 6.54 Å². The van der Waals surface area contributed by atoms with Crippen molar-refractivity contribution in [1.29, 1.82) is 0 Å². The van der Waals surface area contributed by atoms with Gasteiger partial charge in [-0.15, -0.1) is 0 Å². The summed E-state index contributed by atoms with van der Waals surface area (Å²) in [5.74, 6) is -2.63. The van der Waals surface area contributed by atoms with E-state index in [2.05, 4.69) is 5.32 Å². The van der Waals surface area contributed by atoms with Crippen LogP contribution in [0.2, 0.25) is 0 Å². The molecule has 7 heteroatoms. The molecule has 6 nitrogen and oxygen atoms in total. The van der Waals surface area contributed by atoms with Crippen molar-refractivity contribution >= 4 is 17.6 Å². The molecule has 0 aliphatic rings. The molecule has 0 saturated heterocycles. The smallest absolute Gasteiger partial charge is 0.337 e. The maximum absolute atomic E-state index is 13.6. The average Bonchev–Trinajstić information content (AvgIpc) is 2.89. The van der Waals surface area contributed by atoms with Gasteiger partial charge in [0, 0.05) is 0 Å². The zero-order valence-electron chi connectivity index (χ0n) is 10.2. The summed E-state index contributed by atoms with van der Waals surface area (Å²) in [6.45, 7) is 0.118. The number of benzene rings is 1. The fourth-order valence-electron chi connectivity index (χ4n) is 1.61. The Balaban J connectivity index is 2.30. The first-order valence-corrected chi connectivity index (χ1v) is 5.65. The number of nitrogens with one attached hydrogen (secondary N) is 1. The van der Waals surface area contributed by atoms with Crippen LogP contribution >= 0.6 is 0 Å². The van der Waals surface area contributed by atoms with Crippen molar-refractivity contribution in [3.63, 3.8) is 0 Å². The number of carboxylic acids is 1. The number of anilines is 1. The molecule has 0 fully saturated rings. The van der Waals surface area contributed by atoms with Crippen LogP contribution in [0.15, 0.2) is 34.7 Å².